The number of amides is 4. The van der Waals surface area contributed by atoms with Crippen LogP contribution in [-0.4, -0.2) is 23.6 Å². The van der Waals surface area contributed by atoms with Crippen LogP contribution in [0.4, 0.5) is 22.7 Å². The number of pyridine rings is 2. The Bertz CT molecular complexity index is 1890. The highest BCUT2D eigenvalue weighted by Crippen LogP contribution is 2.17. The summed E-state index contributed by atoms with van der Waals surface area (Å²) in [4.78, 5) is 51.2. The lowest BCUT2D eigenvalue weighted by Gasteiger charge is -2.10. The van der Waals surface area contributed by atoms with E-state index in [2.05, 4.69) is 21.3 Å². The number of aromatic nitrogens is 2. The topological polar surface area (TPSA) is 124 Å². The number of carbonyl (C=O) groups excluding carboxylic acids is 4. The van der Waals surface area contributed by atoms with Crippen LogP contribution in [0.1, 0.15) is 55.3 Å². The molecule has 0 bridgehead atoms. The highest BCUT2D eigenvalue weighted by molar-refractivity contribution is 6.08. The summed E-state index contributed by atoms with van der Waals surface area (Å²) in [6, 6.07) is 27.0. The van der Waals surface area contributed by atoms with Crippen molar-refractivity contribution in [3.63, 3.8) is 0 Å². The Kier molecular flexibility index (Phi) is 9.89. The number of aryl methyl sites for hydroxylation is 2. The zero-order chi connectivity index (χ0) is 32.5. The highest BCUT2D eigenvalue weighted by atomic mass is 16.2. The molecule has 0 atom stereocenters. The first-order chi connectivity index (χ1) is 22.3. The fourth-order valence-electron chi connectivity index (χ4n) is 4.61. The van der Waals surface area contributed by atoms with Gasteiger partial charge in [-0.1, -0.05) is 6.07 Å². The summed E-state index contributed by atoms with van der Waals surface area (Å²) in [5, 5.41) is 11.3. The van der Waals surface area contributed by atoms with Gasteiger partial charge >= 0.3 is 0 Å². The Morgan fingerprint density at radius 2 is 0.891 bits per heavy atom. The summed E-state index contributed by atoms with van der Waals surface area (Å²) >= 11 is 0. The van der Waals surface area contributed by atoms with Crippen molar-refractivity contribution in [2.24, 2.45) is 0 Å². The quantitative estimate of drug-likeness (QED) is 0.159. The SMILES string of the molecule is CC[n+]1cccc(NC(=O)c2ccc(NC(=O)c3cccc(NC(=O)c4ccc(NC(=O)c5ccc[n+](CC)c5)cc4)c3)cc2)c1. The van der Waals surface area contributed by atoms with E-state index >= 15 is 0 Å². The van der Waals surface area contributed by atoms with Crippen molar-refractivity contribution in [1.29, 1.82) is 0 Å². The Labute approximate surface area is 266 Å². The maximum absolute atomic E-state index is 13.0. The van der Waals surface area contributed by atoms with Gasteiger partial charge < -0.3 is 21.3 Å². The standard InChI is InChI=1S/C36H32N6O4/c1-3-41-20-6-9-28(23-41)36(46)38-30-18-12-25(13-19-30)33(43)39-31-10-5-8-27(22-31)35(45)37-29-16-14-26(15-17-29)34(44)40-32-11-7-21-42(4-2)24-32/h5-24H,3-4H2,1-2H3,(H2-2,37,38,39,40,43,44,45,46)/p+2. The van der Waals surface area contributed by atoms with Gasteiger partial charge in [-0.05, 0) is 92.7 Å². The van der Waals surface area contributed by atoms with Crippen LogP contribution < -0.4 is 30.4 Å². The zero-order valence-corrected chi connectivity index (χ0v) is 25.5. The van der Waals surface area contributed by atoms with E-state index in [-0.39, 0.29) is 23.6 Å². The van der Waals surface area contributed by atoms with Crippen LogP contribution in [-0.2, 0) is 13.1 Å². The minimum Gasteiger partial charge on any atom is -0.322 e. The van der Waals surface area contributed by atoms with Crippen LogP contribution in [0.15, 0.2) is 122 Å². The molecule has 2 aromatic heterocycles. The molecule has 10 heteroatoms. The third-order valence-electron chi connectivity index (χ3n) is 7.16. The maximum Gasteiger partial charge on any atom is 0.261 e. The minimum absolute atomic E-state index is 0.246. The molecule has 4 amide bonds. The molecule has 0 fully saturated rings. The number of hydrogen-bond donors (Lipinski definition) is 4. The molecule has 4 N–H and O–H groups in total. The second kappa shape index (κ2) is 14.5. The number of nitrogens with zero attached hydrogens (tertiary/aromatic N) is 2. The smallest absolute Gasteiger partial charge is 0.261 e. The fraction of sp³-hybridized carbons (Fsp3) is 0.111. The molecule has 0 radical (unpaired) electrons. The molecule has 5 rings (SSSR count). The second-order valence-corrected chi connectivity index (χ2v) is 10.4. The van der Waals surface area contributed by atoms with Crippen molar-refractivity contribution in [3.05, 3.63) is 144 Å². The van der Waals surface area contributed by atoms with E-state index in [4.69, 9.17) is 0 Å². The number of benzene rings is 3. The van der Waals surface area contributed by atoms with Crippen molar-refractivity contribution in [2.75, 3.05) is 21.3 Å². The van der Waals surface area contributed by atoms with Crippen LogP contribution in [0.2, 0.25) is 0 Å². The van der Waals surface area contributed by atoms with E-state index in [0.717, 1.165) is 13.1 Å². The lowest BCUT2D eigenvalue weighted by atomic mass is 10.1. The Morgan fingerprint density at radius 3 is 1.48 bits per heavy atom. The largest absolute Gasteiger partial charge is 0.322 e. The van der Waals surface area contributed by atoms with Gasteiger partial charge in [-0.2, -0.15) is 0 Å². The zero-order valence-electron chi connectivity index (χ0n) is 25.5. The van der Waals surface area contributed by atoms with Gasteiger partial charge in [0.1, 0.15) is 24.3 Å². The molecule has 10 nitrogen and oxygen atoms in total. The first-order valence-corrected chi connectivity index (χ1v) is 14.8. The molecule has 0 saturated heterocycles. The molecule has 0 aliphatic carbocycles. The summed E-state index contributed by atoms with van der Waals surface area (Å²) < 4.78 is 3.87. The van der Waals surface area contributed by atoms with Crippen molar-refractivity contribution in [2.45, 2.75) is 26.9 Å². The number of nitrogens with one attached hydrogen (secondary N) is 4. The molecule has 46 heavy (non-hydrogen) atoms. The molecule has 0 saturated carbocycles. The van der Waals surface area contributed by atoms with Gasteiger partial charge in [0.05, 0.1) is 0 Å². The fourth-order valence-corrected chi connectivity index (χ4v) is 4.61. The van der Waals surface area contributed by atoms with Gasteiger partial charge in [0.25, 0.3) is 23.6 Å². The van der Waals surface area contributed by atoms with E-state index in [1.54, 1.807) is 85.1 Å². The van der Waals surface area contributed by atoms with E-state index in [1.807, 2.05) is 59.8 Å². The molecule has 0 unspecified atom stereocenters. The number of carbonyl (C=O) groups is 4. The van der Waals surface area contributed by atoms with Gasteiger partial charge in [0.15, 0.2) is 24.8 Å². The van der Waals surface area contributed by atoms with Crippen LogP contribution in [0.3, 0.4) is 0 Å². The molecule has 5 aromatic rings. The number of rotatable bonds is 10. The average molecular weight is 615 g/mol. The van der Waals surface area contributed by atoms with E-state index in [1.165, 1.54) is 0 Å². The van der Waals surface area contributed by atoms with Gasteiger partial charge in [0, 0.05) is 45.9 Å². The van der Waals surface area contributed by atoms with Gasteiger partial charge in [-0.15, -0.1) is 0 Å². The maximum atomic E-state index is 13.0. The van der Waals surface area contributed by atoms with Crippen molar-refractivity contribution < 1.29 is 28.3 Å². The first-order valence-electron chi connectivity index (χ1n) is 14.8. The van der Waals surface area contributed by atoms with E-state index < -0.39 is 0 Å². The molecule has 3 aromatic carbocycles. The Balaban J connectivity index is 1.16. The molecule has 0 aliphatic rings. The summed E-state index contributed by atoms with van der Waals surface area (Å²) in [5.41, 5.74) is 3.92. The van der Waals surface area contributed by atoms with Crippen LogP contribution >= 0.6 is 0 Å². The van der Waals surface area contributed by atoms with Crippen LogP contribution in [0.5, 0.6) is 0 Å². The lowest BCUT2D eigenvalue weighted by Crippen LogP contribution is -2.32. The number of hydrogen-bond acceptors (Lipinski definition) is 4. The molecule has 230 valence electrons. The normalized spacial score (nSPS) is 10.5. The Morgan fingerprint density at radius 1 is 0.457 bits per heavy atom. The third-order valence-corrected chi connectivity index (χ3v) is 7.16. The van der Waals surface area contributed by atoms with Crippen LogP contribution in [0.25, 0.3) is 0 Å². The van der Waals surface area contributed by atoms with E-state index in [9.17, 15) is 19.2 Å². The summed E-state index contributed by atoms with van der Waals surface area (Å²) in [6.07, 6.45) is 7.44. The van der Waals surface area contributed by atoms with Gasteiger partial charge in [0.2, 0.25) is 0 Å². The second-order valence-electron chi connectivity index (χ2n) is 10.4. The molecule has 2 heterocycles. The average Bonchev–Trinajstić information content (AvgIpc) is 3.09. The van der Waals surface area contributed by atoms with Gasteiger partial charge in [-0.25, -0.2) is 9.13 Å². The first kappa shape index (κ1) is 31.3. The summed E-state index contributed by atoms with van der Waals surface area (Å²) in [5.74, 6) is -1.24. The minimum atomic E-state index is -0.371. The van der Waals surface area contributed by atoms with Crippen molar-refractivity contribution >= 4 is 46.4 Å². The highest BCUT2D eigenvalue weighted by Gasteiger charge is 2.14. The lowest BCUT2D eigenvalue weighted by molar-refractivity contribution is -0.693. The monoisotopic (exact) mass is 614 g/mol. The van der Waals surface area contributed by atoms with Crippen molar-refractivity contribution in [3.8, 4) is 0 Å². The van der Waals surface area contributed by atoms with Crippen molar-refractivity contribution in [1.82, 2.24) is 0 Å². The Hall–Kier alpha value is -6.16. The molecular formula is C36H34N6O4+2. The predicted octanol–water partition coefficient (Wildman–Crippen LogP) is 5.31. The number of anilines is 4. The summed E-state index contributed by atoms with van der Waals surface area (Å²) in [6.45, 7) is 5.55. The summed E-state index contributed by atoms with van der Waals surface area (Å²) in [7, 11) is 0. The van der Waals surface area contributed by atoms with Crippen LogP contribution in [0, 0.1) is 0 Å². The van der Waals surface area contributed by atoms with Gasteiger partial charge in [-0.3, -0.25) is 19.2 Å². The van der Waals surface area contributed by atoms with E-state index in [0.29, 0.717) is 45.0 Å². The molecular weight excluding hydrogens is 580 g/mol. The predicted molar refractivity (Wildman–Crippen MR) is 176 cm³/mol. The third kappa shape index (κ3) is 8.06. The molecule has 0 spiro atoms. The molecule has 0 aliphatic heterocycles.